The van der Waals surface area contributed by atoms with Gasteiger partial charge in [0.1, 0.15) is 6.23 Å². The second-order valence-electron chi connectivity index (χ2n) is 3.65. The molecule has 2 heterocycles. The van der Waals surface area contributed by atoms with Crippen LogP contribution in [-0.4, -0.2) is 30.3 Å². The van der Waals surface area contributed by atoms with E-state index in [1.807, 2.05) is 0 Å². The summed E-state index contributed by atoms with van der Waals surface area (Å²) < 4.78 is 5.57. The van der Waals surface area contributed by atoms with Crippen LogP contribution >= 0.6 is 0 Å². The summed E-state index contributed by atoms with van der Waals surface area (Å²) in [6.07, 6.45) is 5.82. The first-order valence-electron chi connectivity index (χ1n) is 4.75. The van der Waals surface area contributed by atoms with Crippen molar-refractivity contribution < 1.29 is 4.74 Å². The molecule has 2 aliphatic rings. The third-order valence-electron chi connectivity index (χ3n) is 2.95. The van der Waals surface area contributed by atoms with Crippen LogP contribution in [0.25, 0.3) is 0 Å². The fraction of sp³-hybridized carbons (Fsp3) is 1.00. The van der Waals surface area contributed by atoms with Gasteiger partial charge in [-0.15, -0.1) is 0 Å². The fourth-order valence-corrected chi connectivity index (χ4v) is 2.28. The summed E-state index contributed by atoms with van der Waals surface area (Å²) in [4.78, 5) is 2.52. The summed E-state index contributed by atoms with van der Waals surface area (Å²) in [7, 11) is 0. The molecule has 0 aromatic rings. The van der Waals surface area contributed by atoms with Gasteiger partial charge in [0, 0.05) is 12.6 Å². The van der Waals surface area contributed by atoms with Gasteiger partial charge in [-0.25, -0.2) is 0 Å². The predicted molar refractivity (Wildman–Crippen MR) is 44.4 cm³/mol. The predicted octanol–water partition coefficient (Wildman–Crippen LogP) is 1.61. The topological polar surface area (TPSA) is 12.5 Å². The molecular weight excluding hydrogens is 138 g/mol. The zero-order chi connectivity index (χ0) is 7.68. The summed E-state index contributed by atoms with van der Waals surface area (Å²) in [5, 5.41) is 0. The fourth-order valence-electron chi connectivity index (χ4n) is 2.28. The van der Waals surface area contributed by atoms with Crippen LogP contribution in [0.15, 0.2) is 0 Å². The van der Waals surface area contributed by atoms with Gasteiger partial charge in [0.25, 0.3) is 0 Å². The van der Waals surface area contributed by atoms with Gasteiger partial charge in [-0.2, -0.15) is 0 Å². The number of hydrogen-bond acceptors (Lipinski definition) is 2. The summed E-state index contributed by atoms with van der Waals surface area (Å²) in [5.74, 6) is 0. The lowest BCUT2D eigenvalue weighted by molar-refractivity contribution is -0.122. The Labute approximate surface area is 68.5 Å². The molecule has 0 amide bonds. The van der Waals surface area contributed by atoms with Gasteiger partial charge in [0.2, 0.25) is 0 Å². The highest BCUT2D eigenvalue weighted by atomic mass is 16.5. The average Bonchev–Trinajstić information content (AvgIpc) is 2.06. The molecule has 0 radical (unpaired) electrons. The maximum Gasteiger partial charge on any atom is 0.107 e. The number of rotatable bonds is 0. The quantitative estimate of drug-likeness (QED) is 0.527. The average molecular weight is 155 g/mol. The van der Waals surface area contributed by atoms with Gasteiger partial charge in [-0.1, -0.05) is 6.42 Å². The Hall–Kier alpha value is -0.0800. The van der Waals surface area contributed by atoms with Gasteiger partial charge in [0.05, 0.1) is 6.61 Å². The molecule has 0 bridgehead atoms. The van der Waals surface area contributed by atoms with Crippen LogP contribution in [0.2, 0.25) is 0 Å². The molecule has 2 aliphatic heterocycles. The molecule has 2 nitrogen and oxygen atoms in total. The molecule has 64 valence electrons. The van der Waals surface area contributed by atoms with Crippen LogP contribution in [0.1, 0.15) is 32.6 Å². The van der Waals surface area contributed by atoms with E-state index in [4.69, 9.17) is 4.74 Å². The minimum Gasteiger partial charge on any atom is -0.363 e. The molecule has 0 aromatic carbocycles. The number of fused-ring (bicyclic) bond motifs is 1. The minimum absolute atomic E-state index is 0.383. The molecule has 0 saturated carbocycles. The van der Waals surface area contributed by atoms with E-state index in [9.17, 15) is 0 Å². The monoisotopic (exact) mass is 155 g/mol. The van der Waals surface area contributed by atoms with Crippen LogP contribution in [-0.2, 0) is 4.74 Å². The van der Waals surface area contributed by atoms with Crippen LogP contribution < -0.4 is 0 Å². The van der Waals surface area contributed by atoms with Gasteiger partial charge < -0.3 is 4.74 Å². The second-order valence-corrected chi connectivity index (χ2v) is 3.65. The molecule has 11 heavy (non-hydrogen) atoms. The van der Waals surface area contributed by atoms with Crippen molar-refractivity contribution in [2.75, 3.05) is 13.2 Å². The highest BCUT2D eigenvalue weighted by Gasteiger charge is 2.29. The minimum atomic E-state index is 0.383. The first kappa shape index (κ1) is 7.56. The largest absolute Gasteiger partial charge is 0.363 e. The first-order valence-corrected chi connectivity index (χ1v) is 4.75. The molecule has 0 spiro atoms. The summed E-state index contributed by atoms with van der Waals surface area (Å²) >= 11 is 0. The zero-order valence-electron chi connectivity index (χ0n) is 7.25. The Morgan fingerprint density at radius 2 is 2.18 bits per heavy atom. The Balaban J connectivity index is 1.99. The Morgan fingerprint density at radius 3 is 3.00 bits per heavy atom. The van der Waals surface area contributed by atoms with Gasteiger partial charge in [-0.3, -0.25) is 4.90 Å². The molecule has 2 heteroatoms. The molecule has 2 saturated heterocycles. The summed E-state index contributed by atoms with van der Waals surface area (Å²) in [5.41, 5.74) is 0. The number of hydrogen-bond donors (Lipinski definition) is 0. The highest BCUT2D eigenvalue weighted by molar-refractivity contribution is 4.80. The van der Waals surface area contributed by atoms with E-state index in [1.165, 1.54) is 32.2 Å². The number of piperidine rings is 1. The maximum atomic E-state index is 5.57. The van der Waals surface area contributed by atoms with Crippen LogP contribution in [0.5, 0.6) is 0 Å². The molecular formula is C9H17NO. The third-order valence-corrected chi connectivity index (χ3v) is 2.95. The van der Waals surface area contributed by atoms with E-state index in [2.05, 4.69) is 11.8 Å². The smallest absolute Gasteiger partial charge is 0.107 e. The normalized spacial score (nSPS) is 40.1. The lowest BCUT2D eigenvalue weighted by Crippen LogP contribution is -2.50. The first-order chi connectivity index (χ1) is 5.38. The van der Waals surface area contributed by atoms with Crippen molar-refractivity contribution in [3.63, 3.8) is 0 Å². The molecule has 0 aromatic heterocycles. The third kappa shape index (κ3) is 1.42. The van der Waals surface area contributed by atoms with E-state index >= 15 is 0 Å². The molecule has 2 unspecified atom stereocenters. The zero-order valence-corrected chi connectivity index (χ0v) is 7.25. The van der Waals surface area contributed by atoms with Gasteiger partial charge in [-0.05, 0) is 26.2 Å². The van der Waals surface area contributed by atoms with Crippen LogP contribution in [0.3, 0.4) is 0 Å². The molecule has 2 rings (SSSR count). The van der Waals surface area contributed by atoms with E-state index in [0.29, 0.717) is 6.23 Å². The van der Waals surface area contributed by atoms with Crippen molar-refractivity contribution in [1.29, 1.82) is 0 Å². The molecule has 2 atom stereocenters. The standard InChI is InChI=1S/C9H17NO/c1-8-10-6-3-2-4-9(10)5-7-11-8/h8-9H,2-7H2,1H3. The van der Waals surface area contributed by atoms with Gasteiger partial charge >= 0.3 is 0 Å². The van der Waals surface area contributed by atoms with Crippen LogP contribution in [0, 0.1) is 0 Å². The molecule has 0 aliphatic carbocycles. The van der Waals surface area contributed by atoms with Gasteiger partial charge in [0.15, 0.2) is 0 Å². The van der Waals surface area contributed by atoms with E-state index in [-0.39, 0.29) is 0 Å². The van der Waals surface area contributed by atoms with E-state index in [0.717, 1.165) is 12.6 Å². The number of ether oxygens (including phenoxy) is 1. The van der Waals surface area contributed by atoms with Crippen molar-refractivity contribution in [3.05, 3.63) is 0 Å². The van der Waals surface area contributed by atoms with Crippen LogP contribution in [0.4, 0.5) is 0 Å². The Bertz CT molecular complexity index is 136. The van der Waals surface area contributed by atoms with Crippen molar-refractivity contribution in [2.45, 2.75) is 44.9 Å². The lowest BCUT2D eigenvalue weighted by Gasteiger charge is -2.43. The van der Waals surface area contributed by atoms with E-state index in [1.54, 1.807) is 0 Å². The highest BCUT2D eigenvalue weighted by Crippen LogP contribution is 2.25. The Morgan fingerprint density at radius 1 is 1.27 bits per heavy atom. The number of nitrogens with zero attached hydrogens (tertiary/aromatic N) is 1. The maximum absolute atomic E-state index is 5.57. The van der Waals surface area contributed by atoms with Crippen molar-refractivity contribution >= 4 is 0 Å². The van der Waals surface area contributed by atoms with Crippen molar-refractivity contribution in [1.82, 2.24) is 4.90 Å². The van der Waals surface area contributed by atoms with E-state index < -0.39 is 0 Å². The lowest BCUT2D eigenvalue weighted by atomic mass is 9.98. The summed E-state index contributed by atoms with van der Waals surface area (Å²) in [6.45, 7) is 4.41. The second kappa shape index (κ2) is 3.11. The summed E-state index contributed by atoms with van der Waals surface area (Å²) in [6, 6.07) is 0.840. The Kier molecular flexibility index (Phi) is 2.14. The van der Waals surface area contributed by atoms with Crippen molar-refractivity contribution in [2.24, 2.45) is 0 Å². The molecule has 0 N–H and O–H groups in total. The van der Waals surface area contributed by atoms with Crippen molar-refractivity contribution in [3.8, 4) is 0 Å². The molecule has 2 fully saturated rings. The SMILES string of the molecule is CC1OCCC2CCCCN21.